The summed E-state index contributed by atoms with van der Waals surface area (Å²) in [6.07, 6.45) is 1.34. The molecule has 3 N–H and O–H groups in total. The van der Waals surface area contributed by atoms with Gasteiger partial charge in [0.15, 0.2) is 0 Å². The minimum atomic E-state index is -1.06. The molecule has 0 bridgehead atoms. The van der Waals surface area contributed by atoms with Gasteiger partial charge in [0.1, 0.15) is 0 Å². The lowest BCUT2D eigenvalue weighted by atomic mass is 9.96. The number of thiophene rings is 1. The molecule has 6 heteroatoms. The molecule has 3 heterocycles. The number of carboxylic acid groups (broad SMARTS) is 1. The Balaban J connectivity index is 0.000000433. The number of ketones is 1. The first-order chi connectivity index (χ1) is 10.9. The SMILES string of the molecule is CC(C)[NH3+].O=C(c1cccs1)c1ccc2n1CCCC2C(=O)[O-]. The zero-order chi connectivity index (χ0) is 17.0. The van der Waals surface area contributed by atoms with Crippen molar-refractivity contribution in [3.05, 3.63) is 45.9 Å². The van der Waals surface area contributed by atoms with E-state index in [1.54, 1.807) is 18.2 Å². The van der Waals surface area contributed by atoms with E-state index in [9.17, 15) is 14.7 Å². The van der Waals surface area contributed by atoms with Crippen molar-refractivity contribution in [2.45, 2.75) is 45.2 Å². The van der Waals surface area contributed by atoms with Gasteiger partial charge in [-0.2, -0.15) is 0 Å². The molecule has 0 saturated carbocycles. The molecule has 0 saturated heterocycles. The molecular weight excluding hydrogens is 312 g/mol. The molecule has 23 heavy (non-hydrogen) atoms. The standard InChI is InChI=1S/C14H13NO3S.C3H9N/c16-13(12-4-2-8-19-12)11-6-5-10-9(14(17)18)3-1-7-15(10)11;1-3(2)4/h2,4-6,8-9H,1,3,7H2,(H,17,18);3H,4H2,1-2H3. The molecule has 5 nitrogen and oxygen atoms in total. The van der Waals surface area contributed by atoms with Crippen LogP contribution in [0.1, 0.15) is 53.7 Å². The van der Waals surface area contributed by atoms with Crippen molar-refractivity contribution in [3.8, 4) is 0 Å². The summed E-state index contributed by atoms with van der Waals surface area (Å²) in [6.45, 7) is 4.80. The normalized spacial score (nSPS) is 16.4. The molecule has 1 unspecified atom stereocenters. The van der Waals surface area contributed by atoms with Crippen LogP contribution in [-0.4, -0.2) is 22.4 Å². The maximum Gasteiger partial charge on any atom is 0.219 e. The summed E-state index contributed by atoms with van der Waals surface area (Å²) in [5, 5.41) is 13.0. The molecule has 0 aliphatic carbocycles. The maximum absolute atomic E-state index is 12.3. The highest BCUT2D eigenvalue weighted by Gasteiger charge is 2.25. The van der Waals surface area contributed by atoms with Crippen molar-refractivity contribution >= 4 is 23.1 Å². The molecule has 1 atom stereocenters. The lowest BCUT2D eigenvalue weighted by Gasteiger charge is -2.26. The van der Waals surface area contributed by atoms with E-state index in [0.29, 0.717) is 35.3 Å². The van der Waals surface area contributed by atoms with Crippen LogP contribution in [0.4, 0.5) is 0 Å². The van der Waals surface area contributed by atoms with E-state index in [0.717, 1.165) is 6.42 Å². The Morgan fingerprint density at radius 1 is 1.35 bits per heavy atom. The monoisotopic (exact) mass is 334 g/mol. The van der Waals surface area contributed by atoms with Crippen LogP contribution >= 0.6 is 11.3 Å². The second-order valence-electron chi connectivity index (χ2n) is 6.01. The summed E-state index contributed by atoms with van der Waals surface area (Å²) >= 11 is 1.40. The van der Waals surface area contributed by atoms with Crippen LogP contribution in [0.25, 0.3) is 0 Å². The zero-order valence-electron chi connectivity index (χ0n) is 13.5. The van der Waals surface area contributed by atoms with E-state index in [1.165, 1.54) is 11.3 Å². The van der Waals surface area contributed by atoms with Crippen molar-refractivity contribution in [1.29, 1.82) is 0 Å². The van der Waals surface area contributed by atoms with Crippen LogP contribution in [-0.2, 0) is 11.3 Å². The van der Waals surface area contributed by atoms with Gasteiger partial charge in [-0.15, -0.1) is 11.3 Å². The molecule has 0 amide bonds. The van der Waals surface area contributed by atoms with Crippen molar-refractivity contribution < 1.29 is 20.4 Å². The zero-order valence-corrected chi connectivity index (χ0v) is 14.3. The molecule has 0 aromatic carbocycles. The molecule has 0 fully saturated rings. The molecule has 0 radical (unpaired) electrons. The molecule has 1 aliphatic rings. The third kappa shape index (κ3) is 4.09. The third-order valence-electron chi connectivity index (χ3n) is 3.51. The number of carbonyl (C=O) groups is 2. The fraction of sp³-hybridized carbons (Fsp3) is 0.412. The van der Waals surface area contributed by atoms with Gasteiger partial charge in [-0.1, -0.05) is 6.07 Å². The van der Waals surface area contributed by atoms with E-state index in [4.69, 9.17) is 0 Å². The third-order valence-corrected chi connectivity index (χ3v) is 4.38. The smallest absolute Gasteiger partial charge is 0.219 e. The van der Waals surface area contributed by atoms with Crippen LogP contribution in [0.3, 0.4) is 0 Å². The van der Waals surface area contributed by atoms with Gasteiger partial charge < -0.3 is 20.2 Å². The molecule has 124 valence electrons. The number of hydrogen-bond donors (Lipinski definition) is 1. The molecule has 0 spiro atoms. The Morgan fingerprint density at radius 3 is 2.61 bits per heavy atom. The Bertz CT molecular complexity index is 671. The van der Waals surface area contributed by atoms with Crippen molar-refractivity contribution in [1.82, 2.24) is 4.57 Å². The second kappa shape index (κ2) is 7.57. The molecule has 3 rings (SSSR count). The average molecular weight is 334 g/mol. The Kier molecular flexibility index (Phi) is 5.74. The first-order valence-electron chi connectivity index (χ1n) is 7.73. The van der Waals surface area contributed by atoms with Crippen LogP contribution in [0.5, 0.6) is 0 Å². The fourth-order valence-electron chi connectivity index (χ4n) is 2.61. The first kappa shape index (κ1) is 17.4. The summed E-state index contributed by atoms with van der Waals surface area (Å²) < 4.78 is 1.83. The Morgan fingerprint density at radius 2 is 2.04 bits per heavy atom. The lowest BCUT2D eigenvalue weighted by Crippen LogP contribution is -2.57. The summed E-state index contributed by atoms with van der Waals surface area (Å²) in [7, 11) is 0. The molecule has 1 aliphatic heterocycles. The fourth-order valence-corrected chi connectivity index (χ4v) is 3.28. The molecule has 2 aromatic heterocycles. The van der Waals surface area contributed by atoms with Gasteiger partial charge in [-0.05, 0) is 50.3 Å². The number of rotatable bonds is 3. The Labute approximate surface area is 139 Å². The average Bonchev–Trinajstić information content (AvgIpc) is 3.15. The van der Waals surface area contributed by atoms with Crippen LogP contribution in [0.15, 0.2) is 29.6 Å². The maximum atomic E-state index is 12.3. The largest absolute Gasteiger partial charge is 0.549 e. The Hall–Kier alpha value is -1.92. The number of hydrogen-bond acceptors (Lipinski definition) is 4. The van der Waals surface area contributed by atoms with Gasteiger partial charge in [0.2, 0.25) is 5.78 Å². The van der Waals surface area contributed by atoms with E-state index >= 15 is 0 Å². The van der Waals surface area contributed by atoms with Crippen LogP contribution < -0.4 is 10.8 Å². The van der Waals surface area contributed by atoms with Gasteiger partial charge in [0.05, 0.1) is 22.6 Å². The topological polar surface area (TPSA) is 89.8 Å². The van der Waals surface area contributed by atoms with Crippen molar-refractivity contribution in [3.63, 3.8) is 0 Å². The predicted molar refractivity (Wildman–Crippen MR) is 87.2 cm³/mol. The number of quaternary nitrogens is 1. The van der Waals surface area contributed by atoms with Crippen LogP contribution in [0, 0.1) is 0 Å². The second-order valence-corrected chi connectivity index (χ2v) is 6.96. The van der Waals surface area contributed by atoms with Gasteiger partial charge in [0.25, 0.3) is 0 Å². The van der Waals surface area contributed by atoms with Gasteiger partial charge >= 0.3 is 0 Å². The van der Waals surface area contributed by atoms with Crippen LogP contribution in [0.2, 0.25) is 0 Å². The van der Waals surface area contributed by atoms with Crippen molar-refractivity contribution in [2.24, 2.45) is 0 Å². The van der Waals surface area contributed by atoms with E-state index in [-0.39, 0.29) is 5.78 Å². The quantitative estimate of drug-likeness (QED) is 0.851. The first-order valence-corrected chi connectivity index (χ1v) is 8.61. The van der Waals surface area contributed by atoms with Crippen molar-refractivity contribution in [2.75, 3.05) is 0 Å². The van der Waals surface area contributed by atoms with Gasteiger partial charge in [-0.25, -0.2) is 0 Å². The summed E-state index contributed by atoms with van der Waals surface area (Å²) in [6, 6.07) is 7.66. The number of fused-ring (bicyclic) bond motifs is 1. The summed E-state index contributed by atoms with van der Waals surface area (Å²) in [4.78, 5) is 24.1. The number of aromatic nitrogens is 1. The number of aliphatic carboxylic acids is 1. The minimum absolute atomic E-state index is 0.0414. The molecular formula is C17H22N2O3S. The molecule has 2 aromatic rings. The predicted octanol–water partition coefficient (Wildman–Crippen LogP) is 1.04. The number of carbonyl (C=O) groups excluding carboxylic acids is 2. The number of nitrogens with zero attached hydrogens (tertiary/aromatic N) is 1. The summed E-state index contributed by atoms with van der Waals surface area (Å²) in [5.41, 5.74) is 4.90. The lowest BCUT2D eigenvalue weighted by molar-refractivity contribution is -0.407. The highest BCUT2D eigenvalue weighted by atomic mass is 32.1. The van der Waals surface area contributed by atoms with E-state index in [1.807, 2.05) is 16.0 Å². The highest BCUT2D eigenvalue weighted by molar-refractivity contribution is 7.12. The van der Waals surface area contributed by atoms with E-state index < -0.39 is 11.9 Å². The summed E-state index contributed by atoms with van der Waals surface area (Å²) in [5.74, 6) is -1.70. The minimum Gasteiger partial charge on any atom is -0.549 e. The van der Waals surface area contributed by atoms with Gasteiger partial charge in [-0.3, -0.25) is 4.79 Å². The van der Waals surface area contributed by atoms with Gasteiger partial charge in [0, 0.05) is 18.2 Å². The number of carboxylic acids is 1. The highest BCUT2D eigenvalue weighted by Crippen LogP contribution is 2.30. The van der Waals surface area contributed by atoms with E-state index in [2.05, 4.69) is 19.6 Å².